The van der Waals surface area contributed by atoms with Crippen LogP contribution in [-0.2, 0) is 0 Å². The molecule has 0 saturated carbocycles. The number of carbonyl (C=O) groups is 1. The molecule has 2 N–H and O–H groups in total. The number of phenolic OH excluding ortho intramolecular Hbond substituents is 1. The maximum absolute atomic E-state index is 12.2. The minimum Gasteiger partial charge on any atom is -0.507 e. The molecule has 6 heteroatoms. The number of methoxy groups -OCH3 is 1. The maximum atomic E-state index is 12.2. The summed E-state index contributed by atoms with van der Waals surface area (Å²) in [6.07, 6.45) is 0. The van der Waals surface area contributed by atoms with Crippen molar-refractivity contribution >= 4 is 45.8 Å². The lowest BCUT2D eigenvalue weighted by molar-refractivity contribution is 0.102. The van der Waals surface area contributed by atoms with Gasteiger partial charge in [0, 0.05) is 16.7 Å². The van der Waals surface area contributed by atoms with Gasteiger partial charge >= 0.3 is 0 Å². The zero-order chi connectivity index (χ0) is 15.6. The van der Waals surface area contributed by atoms with Crippen LogP contribution in [0.1, 0.15) is 15.9 Å². The summed E-state index contributed by atoms with van der Waals surface area (Å²) in [7, 11) is 1.51. The minimum absolute atomic E-state index is 0.0718. The average molecular weight is 418 g/mol. The van der Waals surface area contributed by atoms with Crippen LogP contribution in [0.3, 0.4) is 0 Å². The van der Waals surface area contributed by atoms with Crippen LogP contribution < -0.4 is 10.1 Å². The number of aromatic hydroxyl groups is 1. The van der Waals surface area contributed by atoms with Crippen LogP contribution in [-0.4, -0.2) is 18.1 Å². The molecule has 0 unspecified atom stereocenters. The van der Waals surface area contributed by atoms with Crippen LogP contribution in [0.25, 0.3) is 0 Å². The zero-order valence-electron chi connectivity index (χ0n) is 11.4. The summed E-state index contributed by atoms with van der Waals surface area (Å²) in [6, 6.07) is 8.14. The highest BCUT2D eigenvalue weighted by molar-refractivity contribution is 14.1. The highest BCUT2D eigenvalue weighted by atomic mass is 127. The second-order valence-electron chi connectivity index (χ2n) is 4.42. The van der Waals surface area contributed by atoms with Crippen LogP contribution in [0.4, 0.5) is 5.69 Å². The van der Waals surface area contributed by atoms with Gasteiger partial charge in [-0.25, -0.2) is 0 Å². The number of ether oxygens (including phenoxy) is 1. The van der Waals surface area contributed by atoms with E-state index in [1.807, 2.05) is 29.5 Å². The van der Waals surface area contributed by atoms with Crippen molar-refractivity contribution in [2.45, 2.75) is 6.92 Å². The van der Waals surface area contributed by atoms with Crippen LogP contribution in [0.15, 0.2) is 30.3 Å². The molecule has 0 bridgehead atoms. The molecule has 21 heavy (non-hydrogen) atoms. The third kappa shape index (κ3) is 3.59. The Labute approximate surface area is 141 Å². The topological polar surface area (TPSA) is 58.6 Å². The molecular weight excluding hydrogens is 405 g/mol. The fourth-order valence-corrected chi connectivity index (χ4v) is 2.27. The number of halogens is 2. The molecule has 110 valence electrons. The molecule has 2 aromatic carbocycles. The monoisotopic (exact) mass is 417 g/mol. The summed E-state index contributed by atoms with van der Waals surface area (Å²) < 4.78 is 5.90. The Bertz CT molecular complexity index is 704. The van der Waals surface area contributed by atoms with Crippen molar-refractivity contribution in [1.82, 2.24) is 0 Å². The molecular formula is C15H13ClINO3. The number of amides is 1. The van der Waals surface area contributed by atoms with Crippen molar-refractivity contribution in [3.63, 3.8) is 0 Å². The number of hydrogen-bond donors (Lipinski definition) is 2. The van der Waals surface area contributed by atoms with E-state index in [0.29, 0.717) is 25.6 Å². The predicted molar refractivity (Wildman–Crippen MR) is 91.5 cm³/mol. The van der Waals surface area contributed by atoms with Gasteiger partial charge in [-0.2, -0.15) is 0 Å². The molecule has 0 heterocycles. The number of rotatable bonds is 3. The van der Waals surface area contributed by atoms with Gasteiger partial charge < -0.3 is 15.2 Å². The van der Waals surface area contributed by atoms with Gasteiger partial charge in [0.05, 0.1) is 16.4 Å². The van der Waals surface area contributed by atoms with Gasteiger partial charge in [0.15, 0.2) is 0 Å². The summed E-state index contributed by atoms with van der Waals surface area (Å²) >= 11 is 8.02. The fourth-order valence-electron chi connectivity index (χ4n) is 1.78. The van der Waals surface area contributed by atoms with Crippen LogP contribution in [0, 0.1) is 10.5 Å². The Kier molecular flexibility index (Phi) is 4.95. The van der Waals surface area contributed by atoms with Crippen molar-refractivity contribution in [3.8, 4) is 11.5 Å². The standard InChI is InChI=1S/C15H13ClINO3/c1-8-5-12(14(21-2)7-10(8)16)18-15(20)9-3-4-11(17)13(19)6-9/h3-7,19H,1-2H3,(H,18,20). The third-order valence-corrected chi connectivity index (χ3v) is 4.26. The lowest BCUT2D eigenvalue weighted by Gasteiger charge is -2.12. The Morgan fingerprint density at radius 3 is 2.67 bits per heavy atom. The van der Waals surface area contributed by atoms with E-state index < -0.39 is 0 Å². The van der Waals surface area contributed by atoms with Gasteiger partial charge in [-0.3, -0.25) is 4.79 Å². The number of carbonyl (C=O) groups excluding carboxylic acids is 1. The van der Waals surface area contributed by atoms with Crippen LogP contribution in [0.2, 0.25) is 5.02 Å². The summed E-state index contributed by atoms with van der Waals surface area (Å²) in [5.74, 6) is 0.220. The molecule has 0 saturated heterocycles. The van der Waals surface area contributed by atoms with Gasteiger partial charge in [-0.1, -0.05) is 11.6 Å². The van der Waals surface area contributed by atoms with E-state index in [-0.39, 0.29) is 11.7 Å². The number of aryl methyl sites for hydroxylation is 1. The van der Waals surface area contributed by atoms with Crippen LogP contribution in [0.5, 0.6) is 11.5 Å². The molecule has 4 nitrogen and oxygen atoms in total. The Balaban J connectivity index is 2.31. The summed E-state index contributed by atoms with van der Waals surface area (Å²) in [4.78, 5) is 12.2. The first-order valence-electron chi connectivity index (χ1n) is 6.06. The molecule has 0 aromatic heterocycles. The van der Waals surface area contributed by atoms with E-state index in [1.54, 1.807) is 24.3 Å². The number of benzene rings is 2. The molecule has 0 radical (unpaired) electrons. The van der Waals surface area contributed by atoms with Gasteiger partial charge in [0.1, 0.15) is 11.5 Å². The van der Waals surface area contributed by atoms with Gasteiger partial charge in [-0.15, -0.1) is 0 Å². The van der Waals surface area contributed by atoms with Crippen LogP contribution >= 0.6 is 34.2 Å². The van der Waals surface area contributed by atoms with Crippen molar-refractivity contribution in [2.24, 2.45) is 0 Å². The van der Waals surface area contributed by atoms with E-state index >= 15 is 0 Å². The quantitative estimate of drug-likeness (QED) is 0.735. The first kappa shape index (κ1) is 15.9. The zero-order valence-corrected chi connectivity index (χ0v) is 14.3. The highest BCUT2D eigenvalue weighted by Gasteiger charge is 2.13. The summed E-state index contributed by atoms with van der Waals surface area (Å²) in [6.45, 7) is 1.84. The van der Waals surface area contributed by atoms with Crippen molar-refractivity contribution in [2.75, 3.05) is 12.4 Å². The molecule has 0 aliphatic carbocycles. The SMILES string of the molecule is COc1cc(Cl)c(C)cc1NC(=O)c1ccc(I)c(O)c1. The van der Waals surface area contributed by atoms with E-state index in [9.17, 15) is 9.90 Å². The van der Waals surface area contributed by atoms with Gasteiger partial charge in [0.25, 0.3) is 5.91 Å². The minimum atomic E-state index is -0.332. The fraction of sp³-hybridized carbons (Fsp3) is 0.133. The molecule has 0 atom stereocenters. The second kappa shape index (κ2) is 6.53. The van der Waals surface area contributed by atoms with E-state index in [1.165, 1.54) is 13.2 Å². The first-order chi connectivity index (χ1) is 9.92. The average Bonchev–Trinajstić information content (AvgIpc) is 2.45. The molecule has 1 amide bonds. The molecule has 0 fully saturated rings. The Morgan fingerprint density at radius 2 is 2.05 bits per heavy atom. The summed E-state index contributed by atoms with van der Waals surface area (Å²) in [5, 5.41) is 13.0. The van der Waals surface area contributed by atoms with E-state index in [0.717, 1.165) is 5.56 Å². The van der Waals surface area contributed by atoms with Gasteiger partial charge in [0.2, 0.25) is 0 Å². The smallest absolute Gasteiger partial charge is 0.255 e. The van der Waals surface area contributed by atoms with Gasteiger partial charge in [-0.05, 0) is 59.3 Å². The second-order valence-corrected chi connectivity index (χ2v) is 5.99. The number of nitrogens with one attached hydrogen (secondary N) is 1. The predicted octanol–water partition coefficient (Wildman–Crippen LogP) is 4.22. The van der Waals surface area contributed by atoms with Crippen molar-refractivity contribution < 1.29 is 14.6 Å². The molecule has 2 aromatic rings. The van der Waals surface area contributed by atoms with Crippen molar-refractivity contribution in [3.05, 3.63) is 50.1 Å². The molecule has 0 aliphatic rings. The largest absolute Gasteiger partial charge is 0.507 e. The number of phenols is 1. The molecule has 0 spiro atoms. The molecule has 2 rings (SSSR count). The number of hydrogen-bond acceptors (Lipinski definition) is 3. The van der Waals surface area contributed by atoms with E-state index in [2.05, 4.69) is 5.32 Å². The number of anilines is 1. The van der Waals surface area contributed by atoms with E-state index in [4.69, 9.17) is 16.3 Å². The maximum Gasteiger partial charge on any atom is 0.255 e. The lowest BCUT2D eigenvalue weighted by atomic mass is 10.1. The first-order valence-corrected chi connectivity index (χ1v) is 7.52. The Hall–Kier alpha value is -1.47. The van der Waals surface area contributed by atoms with Crippen molar-refractivity contribution in [1.29, 1.82) is 0 Å². The third-order valence-electron chi connectivity index (χ3n) is 2.94. The normalized spacial score (nSPS) is 10.3. The molecule has 0 aliphatic heterocycles. The lowest BCUT2D eigenvalue weighted by Crippen LogP contribution is -2.13. The highest BCUT2D eigenvalue weighted by Crippen LogP contribution is 2.31. The summed E-state index contributed by atoms with van der Waals surface area (Å²) in [5.41, 5.74) is 1.73. The Morgan fingerprint density at radius 1 is 1.33 bits per heavy atom.